The Morgan fingerprint density at radius 3 is 2.56 bits per heavy atom. The number of halogens is 3. The van der Waals surface area contributed by atoms with E-state index >= 15 is 0 Å². The van der Waals surface area contributed by atoms with Crippen molar-refractivity contribution < 1.29 is 42.1 Å². The van der Waals surface area contributed by atoms with Crippen molar-refractivity contribution in [1.29, 1.82) is 0 Å². The van der Waals surface area contributed by atoms with E-state index in [9.17, 15) is 27.9 Å². The highest BCUT2D eigenvalue weighted by molar-refractivity contribution is 5.89. The van der Waals surface area contributed by atoms with Gasteiger partial charge < -0.3 is 34.9 Å². The molecule has 0 bridgehead atoms. The van der Waals surface area contributed by atoms with Crippen LogP contribution in [0.3, 0.4) is 0 Å². The molecule has 2 saturated heterocycles. The first-order chi connectivity index (χ1) is 18.6. The van der Waals surface area contributed by atoms with E-state index in [4.69, 9.17) is 14.2 Å². The van der Waals surface area contributed by atoms with E-state index in [1.165, 1.54) is 17.0 Å². The minimum atomic E-state index is -4.48. The SMILES string of the molecule is COc1ccccc1CNC(=O)C[C@H]1CC[C@@H]2[C@H](COC[C@@H](O)CN2C(=O)Nc2ccc(C(F)(F)F)cc2)O1. The molecule has 0 saturated carbocycles. The van der Waals surface area contributed by atoms with Crippen molar-refractivity contribution in [3.05, 3.63) is 59.7 Å². The molecule has 2 heterocycles. The largest absolute Gasteiger partial charge is 0.496 e. The molecule has 12 heteroatoms. The predicted octanol–water partition coefficient (Wildman–Crippen LogP) is 3.56. The number of amides is 3. The van der Waals surface area contributed by atoms with Gasteiger partial charge in [-0.15, -0.1) is 0 Å². The second-order valence-electron chi connectivity index (χ2n) is 9.58. The maximum absolute atomic E-state index is 13.2. The summed E-state index contributed by atoms with van der Waals surface area (Å²) in [6.07, 6.45) is -5.26. The van der Waals surface area contributed by atoms with Crippen LogP contribution < -0.4 is 15.4 Å². The fourth-order valence-electron chi connectivity index (χ4n) is 4.83. The van der Waals surface area contributed by atoms with Crippen molar-refractivity contribution in [1.82, 2.24) is 10.2 Å². The Labute approximate surface area is 224 Å². The lowest BCUT2D eigenvalue weighted by atomic mass is 9.95. The summed E-state index contributed by atoms with van der Waals surface area (Å²) >= 11 is 0. The Balaban J connectivity index is 1.36. The van der Waals surface area contributed by atoms with Crippen LogP contribution in [-0.2, 0) is 27.0 Å². The van der Waals surface area contributed by atoms with Crippen molar-refractivity contribution in [2.24, 2.45) is 0 Å². The van der Waals surface area contributed by atoms with E-state index in [0.717, 1.165) is 17.7 Å². The lowest BCUT2D eigenvalue weighted by Crippen LogP contribution is -2.58. The van der Waals surface area contributed by atoms with Crippen molar-refractivity contribution in [3.8, 4) is 5.75 Å². The second kappa shape index (κ2) is 12.7. The summed E-state index contributed by atoms with van der Waals surface area (Å²) in [7, 11) is 1.57. The molecule has 0 aromatic heterocycles. The second-order valence-corrected chi connectivity index (χ2v) is 9.58. The molecule has 2 fully saturated rings. The Bertz CT molecular complexity index is 1130. The molecule has 2 aromatic rings. The number of urea groups is 1. The maximum atomic E-state index is 13.2. The molecule has 0 aliphatic carbocycles. The van der Waals surface area contributed by atoms with E-state index in [-0.39, 0.29) is 37.8 Å². The van der Waals surface area contributed by atoms with Crippen LogP contribution in [0, 0.1) is 0 Å². The van der Waals surface area contributed by atoms with Gasteiger partial charge >= 0.3 is 12.2 Å². The number of aliphatic hydroxyl groups excluding tert-OH is 1. The third kappa shape index (κ3) is 7.61. The van der Waals surface area contributed by atoms with Gasteiger partial charge in [-0.1, -0.05) is 18.2 Å². The molecule has 0 radical (unpaired) electrons. The highest BCUT2D eigenvalue weighted by Crippen LogP contribution is 2.31. The number of nitrogens with zero attached hydrogens (tertiary/aromatic N) is 1. The molecule has 4 rings (SSSR count). The highest BCUT2D eigenvalue weighted by atomic mass is 19.4. The quantitative estimate of drug-likeness (QED) is 0.507. The van der Waals surface area contributed by atoms with Crippen molar-refractivity contribution in [2.75, 3.05) is 32.2 Å². The van der Waals surface area contributed by atoms with Gasteiger partial charge in [0.15, 0.2) is 0 Å². The molecular weight excluding hydrogens is 519 g/mol. The summed E-state index contributed by atoms with van der Waals surface area (Å²) < 4.78 is 55.7. The number of benzene rings is 2. The average molecular weight is 552 g/mol. The predicted molar refractivity (Wildman–Crippen MR) is 135 cm³/mol. The summed E-state index contributed by atoms with van der Waals surface area (Å²) in [6, 6.07) is 10.5. The number of hydrogen-bond donors (Lipinski definition) is 3. The fourth-order valence-corrected chi connectivity index (χ4v) is 4.83. The third-order valence-corrected chi connectivity index (χ3v) is 6.79. The average Bonchev–Trinajstić information content (AvgIpc) is 2.90. The van der Waals surface area contributed by atoms with Crippen molar-refractivity contribution in [2.45, 2.75) is 56.3 Å². The molecular formula is C27H32F3N3O6. The van der Waals surface area contributed by atoms with Crippen LogP contribution in [0.2, 0.25) is 0 Å². The van der Waals surface area contributed by atoms with Gasteiger partial charge in [-0.2, -0.15) is 13.2 Å². The van der Waals surface area contributed by atoms with Crippen LogP contribution in [0.25, 0.3) is 0 Å². The first kappa shape index (κ1) is 28.7. The van der Waals surface area contributed by atoms with Gasteiger partial charge in [-0.05, 0) is 43.2 Å². The summed E-state index contributed by atoms with van der Waals surface area (Å²) in [5.41, 5.74) is 0.219. The fraction of sp³-hybridized carbons (Fsp3) is 0.481. The maximum Gasteiger partial charge on any atom is 0.416 e. The van der Waals surface area contributed by atoms with E-state index in [1.54, 1.807) is 7.11 Å². The number of carbonyl (C=O) groups excluding carboxylic acids is 2. The molecule has 2 aromatic carbocycles. The zero-order valence-electron chi connectivity index (χ0n) is 21.4. The Morgan fingerprint density at radius 2 is 1.85 bits per heavy atom. The lowest BCUT2D eigenvalue weighted by molar-refractivity contribution is -0.149. The summed E-state index contributed by atoms with van der Waals surface area (Å²) in [5, 5.41) is 15.8. The van der Waals surface area contributed by atoms with Crippen LogP contribution in [0.1, 0.15) is 30.4 Å². The molecule has 39 heavy (non-hydrogen) atoms. The van der Waals surface area contributed by atoms with E-state index in [1.807, 2.05) is 24.3 Å². The number of fused-ring (bicyclic) bond motifs is 1. The van der Waals surface area contributed by atoms with Gasteiger partial charge in [-0.3, -0.25) is 4.79 Å². The summed E-state index contributed by atoms with van der Waals surface area (Å²) in [5.74, 6) is 0.488. The number of β-amino-alcohol motifs (C(OH)–C–C–N with tert-alkyl or cyclic N) is 1. The molecule has 0 unspecified atom stereocenters. The van der Waals surface area contributed by atoms with Gasteiger partial charge in [0.2, 0.25) is 5.91 Å². The molecule has 2 aliphatic rings. The first-order valence-corrected chi connectivity index (χ1v) is 12.7. The van der Waals surface area contributed by atoms with Crippen LogP contribution in [0.5, 0.6) is 5.75 Å². The van der Waals surface area contributed by atoms with Crippen LogP contribution in [0.4, 0.5) is 23.7 Å². The van der Waals surface area contributed by atoms with Gasteiger partial charge in [0.05, 0.1) is 57.1 Å². The number of alkyl halides is 3. The number of methoxy groups -OCH3 is 1. The van der Waals surface area contributed by atoms with Crippen molar-refractivity contribution in [3.63, 3.8) is 0 Å². The smallest absolute Gasteiger partial charge is 0.416 e. The Morgan fingerprint density at radius 1 is 1.10 bits per heavy atom. The minimum absolute atomic E-state index is 0.0132. The van der Waals surface area contributed by atoms with Crippen molar-refractivity contribution >= 4 is 17.6 Å². The number of rotatable bonds is 6. The molecule has 3 N–H and O–H groups in total. The van der Waals surface area contributed by atoms with Gasteiger partial charge in [0.25, 0.3) is 0 Å². The van der Waals surface area contributed by atoms with E-state index in [0.29, 0.717) is 25.1 Å². The molecule has 4 atom stereocenters. The zero-order valence-corrected chi connectivity index (χ0v) is 21.4. The number of para-hydroxylation sites is 1. The molecule has 0 spiro atoms. The number of ether oxygens (including phenoxy) is 3. The summed E-state index contributed by atoms with van der Waals surface area (Å²) in [6.45, 7) is 0.368. The normalized spacial score (nSPS) is 23.7. The number of nitrogens with one attached hydrogen (secondary N) is 2. The third-order valence-electron chi connectivity index (χ3n) is 6.79. The first-order valence-electron chi connectivity index (χ1n) is 12.7. The Hall–Kier alpha value is -3.35. The standard InChI is InChI=1S/C27H32F3N3O6/c1-37-23-5-3-2-4-17(23)13-31-25(35)12-21-10-11-22-24(39-21)16-38-15-20(34)14-33(22)26(36)32-19-8-6-18(7-9-19)27(28,29)30/h2-9,20-22,24,34H,10-16H2,1H3,(H,31,35)(H,32,36)/t20-,21+,22+,24-/m0/s1. The van der Waals surface area contributed by atoms with E-state index in [2.05, 4.69) is 10.6 Å². The Kier molecular flexibility index (Phi) is 9.31. The zero-order chi connectivity index (χ0) is 28.0. The van der Waals surface area contributed by atoms with Crippen LogP contribution in [0.15, 0.2) is 48.5 Å². The number of aliphatic hydroxyl groups is 1. The molecule has 9 nitrogen and oxygen atoms in total. The topological polar surface area (TPSA) is 109 Å². The highest BCUT2D eigenvalue weighted by Gasteiger charge is 2.40. The van der Waals surface area contributed by atoms with Gasteiger partial charge in [-0.25, -0.2) is 4.79 Å². The van der Waals surface area contributed by atoms with Crippen LogP contribution in [-0.4, -0.2) is 73.2 Å². The minimum Gasteiger partial charge on any atom is -0.496 e. The number of anilines is 1. The number of carbonyl (C=O) groups is 2. The van der Waals surface area contributed by atoms with Gasteiger partial charge in [0, 0.05) is 17.8 Å². The molecule has 212 valence electrons. The molecule has 3 amide bonds. The van der Waals surface area contributed by atoms with Gasteiger partial charge in [0.1, 0.15) is 11.9 Å². The van der Waals surface area contributed by atoms with E-state index < -0.39 is 42.1 Å². The summed E-state index contributed by atoms with van der Waals surface area (Å²) in [4.78, 5) is 27.2. The lowest BCUT2D eigenvalue weighted by Gasteiger charge is -2.44. The number of hydrogen-bond acceptors (Lipinski definition) is 6. The molecule has 2 aliphatic heterocycles. The monoisotopic (exact) mass is 551 g/mol. The van der Waals surface area contributed by atoms with Crippen LogP contribution >= 0.6 is 0 Å².